The fourth-order valence-corrected chi connectivity index (χ4v) is 6.98. The highest BCUT2D eigenvalue weighted by molar-refractivity contribution is 5.98. The van der Waals surface area contributed by atoms with Crippen molar-refractivity contribution in [2.45, 2.75) is 43.9 Å². The maximum absolute atomic E-state index is 14.2. The third kappa shape index (κ3) is 4.46. The number of piperazine rings is 1. The average molecular weight is 550 g/mol. The number of nitro benzene ring substituents is 1. The van der Waals surface area contributed by atoms with Crippen molar-refractivity contribution in [3.8, 4) is 0 Å². The third-order valence-electron chi connectivity index (χ3n) is 8.94. The number of carbonyl (C=O) groups is 2. The van der Waals surface area contributed by atoms with Crippen molar-refractivity contribution in [3.05, 3.63) is 111 Å². The molecule has 41 heavy (non-hydrogen) atoms. The van der Waals surface area contributed by atoms with Gasteiger partial charge in [0.15, 0.2) is 0 Å². The first-order chi connectivity index (χ1) is 20.0. The topological polar surface area (TPSA) is 103 Å². The van der Waals surface area contributed by atoms with Crippen molar-refractivity contribution in [1.82, 2.24) is 19.7 Å². The zero-order valence-corrected chi connectivity index (χ0v) is 22.6. The average Bonchev–Trinajstić information content (AvgIpc) is 3.37. The highest BCUT2D eigenvalue weighted by Gasteiger charge is 2.49. The Balaban J connectivity index is 1.20. The van der Waals surface area contributed by atoms with E-state index in [1.54, 1.807) is 11.0 Å². The van der Waals surface area contributed by atoms with Gasteiger partial charge in [-0.3, -0.25) is 24.6 Å². The van der Waals surface area contributed by atoms with Crippen LogP contribution >= 0.6 is 0 Å². The largest absolute Gasteiger partial charge is 0.356 e. The van der Waals surface area contributed by atoms with Gasteiger partial charge in [-0.2, -0.15) is 0 Å². The van der Waals surface area contributed by atoms with E-state index in [1.807, 2.05) is 41.3 Å². The number of nitro groups is 1. The second kappa shape index (κ2) is 10.2. The molecular weight excluding hydrogens is 518 g/mol. The number of nitrogens with zero attached hydrogens (tertiary/aromatic N) is 4. The fourth-order valence-electron chi connectivity index (χ4n) is 6.98. The van der Waals surface area contributed by atoms with Crippen LogP contribution in [0.4, 0.5) is 5.69 Å². The number of hydrogen-bond donors (Lipinski definition) is 1. The van der Waals surface area contributed by atoms with Crippen LogP contribution in [0.2, 0.25) is 0 Å². The summed E-state index contributed by atoms with van der Waals surface area (Å²) in [6.45, 7) is 2.65. The minimum atomic E-state index is -0.658. The molecule has 0 aliphatic carbocycles. The summed E-state index contributed by atoms with van der Waals surface area (Å²) in [6.07, 6.45) is 2.06. The highest BCUT2D eigenvalue weighted by atomic mass is 16.6. The molecule has 2 saturated heterocycles. The summed E-state index contributed by atoms with van der Waals surface area (Å²) >= 11 is 0. The van der Waals surface area contributed by atoms with E-state index in [2.05, 4.69) is 34.1 Å². The first-order valence-corrected chi connectivity index (χ1v) is 14.2. The van der Waals surface area contributed by atoms with Gasteiger partial charge < -0.3 is 14.8 Å². The van der Waals surface area contributed by atoms with Gasteiger partial charge >= 0.3 is 0 Å². The van der Waals surface area contributed by atoms with Crippen LogP contribution in [0.1, 0.15) is 41.3 Å². The molecule has 0 saturated carbocycles. The van der Waals surface area contributed by atoms with Gasteiger partial charge in [0, 0.05) is 60.8 Å². The third-order valence-corrected chi connectivity index (χ3v) is 8.94. The molecule has 0 bridgehead atoms. The second-order valence-corrected chi connectivity index (χ2v) is 11.3. The van der Waals surface area contributed by atoms with Crippen LogP contribution in [0.15, 0.2) is 78.9 Å². The van der Waals surface area contributed by atoms with Gasteiger partial charge in [0.05, 0.1) is 11.0 Å². The number of nitrogens with one attached hydrogen (secondary N) is 1. The lowest BCUT2D eigenvalue weighted by Crippen LogP contribution is -2.65. The Labute approximate surface area is 237 Å². The maximum atomic E-state index is 14.2. The molecule has 0 unspecified atom stereocenters. The number of para-hydroxylation sites is 1. The number of piperidine rings is 1. The van der Waals surface area contributed by atoms with Gasteiger partial charge in [0.1, 0.15) is 12.6 Å². The van der Waals surface area contributed by atoms with Gasteiger partial charge in [-0.1, -0.05) is 60.7 Å². The fraction of sp³-hybridized carbons (Fsp3) is 0.312. The lowest BCUT2D eigenvalue weighted by atomic mass is 9.85. The van der Waals surface area contributed by atoms with Crippen LogP contribution in [0, 0.1) is 10.1 Å². The predicted molar refractivity (Wildman–Crippen MR) is 154 cm³/mol. The van der Waals surface area contributed by atoms with Gasteiger partial charge in [-0.15, -0.1) is 0 Å². The molecule has 7 rings (SSSR count). The Morgan fingerprint density at radius 1 is 0.927 bits per heavy atom. The molecule has 3 aromatic carbocycles. The number of non-ortho nitro benzene ring substituents is 1. The molecule has 4 aromatic rings. The number of aromatic nitrogens is 1. The number of aromatic amines is 1. The van der Waals surface area contributed by atoms with Crippen LogP contribution in [-0.4, -0.2) is 68.1 Å². The molecule has 9 nitrogen and oxygen atoms in total. The van der Waals surface area contributed by atoms with Gasteiger partial charge in [0.25, 0.3) is 5.69 Å². The maximum Gasteiger partial charge on any atom is 0.269 e. The SMILES string of the molecule is O=C1[C@H]2Cc3c([nH]c4ccccc34)[C@@H](c3cccc([N+](=O)[O-])c3)N2C(=O)CN1C1CCN(Cc2ccccc2)CC1. The minimum absolute atomic E-state index is 0.0150. The van der Waals surface area contributed by atoms with E-state index >= 15 is 0 Å². The summed E-state index contributed by atoms with van der Waals surface area (Å²) in [4.78, 5) is 48.7. The summed E-state index contributed by atoms with van der Waals surface area (Å²) in [7, 11) is 0. The van der Waals surface area contributed by atoms with E-state index in [9.17, 15) is 19.7 Å². The Hall–Kier alpha value is -4.50. The normalized spacial score (nSPS) is 21.7. The predicted octanol–water partition coefficient (Wildman–Crippen LogP) is 4.43. The number of fused-ring (bicyclic) bond motifs is 4. The van der Waals surface area contributed by atoms with Crippen molar-refractivity contribution in [1.29, 1.82) is 0 Å². The van der Waals surface area contributed by atoms with E-state index in [4.69, 9.17) is 0 Å². The van der Waals surface area contributed by atoms with Crippen molar-refractivity contribution in [2.24, 2.45) is 0 Å². The summed E-state index contributed by atoms with van der Waals surface area (Å²) in [5, 5.41) is 12.6. The lowest BCUT2D eigenvalue weighted by molar-refractivity contribution is -0.384. The minimum Gasteiger partial charge on any atom is -0.356 e. The summed E-state index contributed by atoms with van der Waals surface area (Å²) in [5.41, 5.74) is 4.61. The number of rotatable bonds is 5. The van der Waals surface area contributed by atoms with E-state index < -0.39 is 17.0 Å². The molecule has 2 atom stereocenters. The van der Waals surface area contributed by atoms with Crippen LogP contribution in [-0.2, 0) is 22.6 Å². The molecule has 2 fully saturated rings. The van der Waals surface area contributed by atoms with E-state index in [-0.39, 0.29) is 30.1 Å². The Morgan fingerprint density at radius 3 is 2.46 bits per heavy atom. The Kier molecular flexibility index (Phi) is 6.31. The molecule has 1 N–H and O–H groups in total. The van der Waals surface area contributed by atoms with Crippen molar-refractivity contribution in [2.75, 3.05) is 19.6 Å². The number of likely N-dealkylation sites (tertiary alicyclic amines) is 1. The number of H-pyrrole nitrogens is 1. The molecule has 0 radical (unpaired) electrons. The van der Waals surface area contributed by atoms with E-state index in [0.717, 1.165) is 54.6 Å². The highest BCUT2D eigenvalue weighted by Crippen LogP contribution is 2.43. The van der Waals surface area contributed by atoms with Crippen LogP contribution in [0.25, 0.3) is 10.9 Å². The van der Waals surface area contributed by atoms with Gasteiger partial charge in [0.2, 0.25) is 11.8 Å². The summed E-state index contributed by atoms with van der Waals surface area (Å²) in [6, 6.07) is 23.5. The van der Waals surface area contributed by atoms with Crippen LogP contribution in [0.5, 0.6) is 0 Å². The smallest absolute Gasteiger partial charge is 0.269 e. The van der Waals surface area contributed by atoms with Crippen LogP contribution in [0.3, 0.4) is 0 Å². The van der Waals surface area contributed by atoms with E-state index in [1.165, 1.54) is 17.7 Å². The molecule has 3 aliphatic heterocycles. The molecule has 4 heterocycles. The van der Waals surface area contributed by atoms with Gasteiger partial charge in [-0.25, -0.2) is 0 Å². The number of carbonyl (C=O) groups excluding carboxylic acids is 2. The zero-order chi connectivity index (χ0) is 28.1. The van der Waals surface area contributed by atoms with Crippen molar-refractivity contribution >= 4 is 28.4 Å². The molecule has 0 spiro atoms. The second-order valence-electron chi connectivity index (χ2n) is 11.3. The lowest BCUT2D eigenvalue weighted by Gasteiger charge is -2.49. The summed E-state index contributed by atoms with van der Waals surface area (Å²) in [5.74, 6) is -0.153. The number of benzene rings is 3. The van der Waals surface area contributed by atoms with Crippen molar-refractivity contribution in [3.63, 3.8) is 0 Å². The van der Waals surface area contributed by atoms with Crippen molar-refractivity contribution < 1.29 is 14.5 Å². The first-order valence-electron chi connectivity index (χ1n) is 14.2. The zero-order valence-electron chi connectivity index (χ0n) is 22.6. The standard InChI is InChI=1S/C32H31N5O4/c38-29-20-35(23-13-15-34(16-14-23)19-21-7-2-1-3-8-21)32(39)28-18-26-25-11-4-5-12-27(25)33-30(26)31(36(28)29)22-9-6-10-24(17-22)37(40)41/h1-12,17,23,28,31,33H,13-16,18-20H2/t28-,31-/m1/s1. The number of hydrogen-bond acceptors (Lipinski definition) is 5. The summed E-state index contributed by atoms with van der Waals surface area (Å²) < 4.78 is 0. The molecule has 1 aromatic heterocycles. The molecule has 2 amide bonds. The monoisotopic (exact) mass is 549 g/mol. The quantitative estimate of drug-likeness (QED) is 0.293. The van der Waals surface area contributed by atoms with Gasteiger partial charge in [-0.05, 0) is 35.6 Å². The van der Waals surface area contributed by atoms with E-state index in [0.29, 0.717) is 12.0 Å². The van der Waals surface area contributed by atoms with Crippen LogP contribution < -0.4 is 0 Å². The molecule has 208 valence electrons. The Morgan fingerprint density at radius 2 is 1.68 bits per heavy atom. The first kappa shape index (κ1) is 25.5. The molecular formula is C32H31N5O4. The Bertz CT molecular complexity index is 1640. The molecule has 9 heteroatoms. The number of amides is 2. The molecule has 3 aliphatic rings.